The van der Waals surface area contributed by atoms with Gasteiger partial charge in [-0.1, -0.05) is 42.5 Å². The number of aryl methyl sites for hydroxylation is 1. The third kappa shape index (κ3) is 3.78. The fourth-order valence-corrected chi connectivity index (χ4v) is 6.09. The van der Waals surface area contributed by atoms with Crippen molar-refractivity contribution in [2.75, 3.05) is 23.8 Å². The van der Waals surface area contributed by atoms with Crippen LogP contribution in [0.4, 0.5) is 17.1 Å². The second kappa shape index (κ2) is 8.89. The van der Waals surface area contributed by atoms with Crippen LogP contribution in [0.25, 0.3) is 0 Å². The minimum atomic E-state index is -1.17. The van der Waals surface area contributed by atoms with E-state index >= 15 is 0 Å². The molecular weight excluding hydrogens is 488 g/mol. The van der Waals surface area contributed by atoms with Crippen molar-refractivity contribution < 1.29 is 19.0 Å². The number of carbonyl (C=O) groups is 1. The zero-order valence-electron chi connectivity index (χ0n) is 22.0. The van der Waals surface area contributed by atoms with E-state index in [4.69, 9.17) is 14.2 Å². The van der Waals surface area contributed by atoms with E-state index in [0.29, 0.717) is 23.6 Å². The summed E-state index contributed by atoms with van der Waals surface area (Å²) in [4.78, 5) is 13.4. The average Bonchev–Trinajstić information content (AvgIpc) is 3.51. The Morgan fingerprint density at radius 2 is 1.69 bits per heavy atom. The van der Waals surface area contributed by atoms with E-state index in [1.165, 1.54) is 0 Å². The maximum absolute atomic E-state index is 13.4. The molecule has 2 N–H and O–H groups in total. The zero-order chi connectivity index (χ0) is 26.6. The maximum Gasteiger partial charge on any atom is 0.340 e. The van der Waals surface area contributed by atoms with Crippen molar-refractivity contribution in [3.63, 3.8) is 0 Å². The van der Waals surface area contributed by atoms with Gasteiger partial charge in [0.05, 0.1) is 16.7 Å². The molecule has 1 spiro atoms. The average molecular weight is 519 g/mol. The van der Waals surface area contributed by atoms with Gasteiger partial charge >= 0.3 is 5.97 Å². The van der Waals surface area contributed by atoms with Gasteiger partial charge in [0, 0.05) is 41.3 Å². The normalized spacial score (nSPS) is 22.5. The number of ether oxygens (including phenoxy) is 3. The molecule has 39 heavy (non-hydrogen) atoms. The van der Waals surface area contributed by atoms with Crippen molar-refractivity contribution >= 4 is 23.0 Å². The number of benzene rings is 4. The van der Waals surface area contributed by atoms with Crippen molar-refractivity contribution in [3.05, 3.63) is 113 Å². The van der Waals surface area contributed by atoms with Crippen molar-refractivity contribution in [2.45, 2.75) is 37.9 Å². The van der Waals surface area contributed by atoms with E-state index < -0.39 is 5.60 Å². The van der Waals surface area contributed by atoms with Gasteiger partial charge in [-0.3, -0.25) is 0 Å². The lowest BCUT2D eigenvalue weighted by molar-refractivity contribution is 0.0221. The van der Waals surface area contributed by atoms with E-state index in [2.05, 4.69) is 23.6 Å². The molecule has 6 heteroatoms. The second-order valence-electron chi connectivity index (χ2n) is 10.8. The summed E-state index contributed by atoms with van der Waals surface area (Å²) >= 11 is 0. The van der Waals surface area contributed by atoms with Gasteiger partial charge in [0.25, 0.3) is 0 Å². The first-order valence-electron chi connectivity index (χ1n) is 13.5. The summed E-state index contributed by atoms with van der Waals surface area (Å²) in [5, 5.41) is 7.18. The summed E-state index contributed by atoms with van der Waals surface area (Å²) in [6.07, 6.45) is 2.04. The maximum atomic E-state index is 13.4. The van der Waals surface area contributed by atoms with Crippen LogP contribution in [0.5, 0.6) is 11.5 Å². The van der Waals surface area contributed by atoms with Crippen molar-refractivity contribution in [2.24, 2.45) is 0 Å². The Morgan fingerprint density at radius 1 is 0.872 bits per heavy atom. The van der Waals surface area contributed by atoms with Crippen LogP contribution in [-0.4, -0.2) is 24.7 Å². The molecule has 0 aliphatic carbocycles. The predicted molar refractivity (Wildman–Crippen MR) is 151 cm³/mol. The first kappa shape index (κ1) is 23.8. The molecule has 7 rings (SSSR count). The Balaban J connectivity index is 1.42. The molecule has 0 amide bonds. The molecule has 3 aliphatic rings. The molecule has 2 atom stereocenters. The highest BCUT2D eigenvalue weighted by molar-refractivity contribution is 5.97. The lowest BCUT2D eigenvalue weighted by Crippen LogP contribution is -2.36. The molecular formula is C33H30N2O4. The predicted octanol–water partition coefficient (Wildman–Crippen LogP) is 7.29. The molecule has 0 aromatic heterocycles. The monoisotopic (exact) mass is 518 g/mol. The Hall–Kier alpha value is -4.29. The summed E-state index contributed by atoms with van der Waals surface area (Å²) < 4.78 is 19.1. The first-order chi connectivity index (χ1) is 19.0. The van der Waals surface area contributed by atoms with Gasteiger partial charge in [0.15, 0.2) is 5.60 Å². The minimum absolute atomic E-state index is 0.253. The smallest absolute Gasteiger partial charge is 0.340 e. The second-order valence-corrected chi connectivity index (χ2v) is 10.8. The Bertz CT molecular complexity index is 1590. The number of hydrogen-bond acceptors (Lipinski definition) is 6. The van der Waals surface area contributed by atoms with Crippen LogP contribution in [0.3, 0.4) is 0 Å². The largest absolute Gasteiger partial charge is 0.456 e. The number of esters is 1. The highest BCUT2D eigenvalue weighted by Gasteiger charge is 2.55. The minimum Gasteiger partial charge on any atom is -0.456 e. The number of hydrogen-bond donors (Lipinski definition) is 2. The standard InChI is InChI=1S/C33H30N2O4/c1-21-18-29-25(19-27(21)35-22-10-4-3-5-11-22)33(24-13-7-6-12-23(24)31(36)39-33)30-26(14-8-15-28(30)38-29)34-20-32(2)16-9-17-37-32/h3-8,10-15,18-19,34-35H,9,16-17,20H2,1-2H3. The van der Waals surface area contributed by atoms with Gasteiger partial charge in [0.2, 0.25) is 0 Å². The molecule has 3 aliphatic heterocycles. The lowest BCUT2D eigenvalue weighted by Gasteiger charge is -2.39. The molecule has 4 aromatic rings. The molecule has 0 saturated carbocycles. The Labute approximate surface area is 227 Å². The molecule has 3 heterocycles. The Morgan fingerprint density at radius 3 is 2.51 bits per heavy atom. The third-order valence-corrected chi connectivity index (χ3v) is 8.08. The van der Waals surface area contributed by atoms with E-state index in [1.54, 1.807) is 0 Å². The van der Waals surface area contributed by atoms with Crippen LogP contribution >= 0.6 is 0 Å². The van der Waals surface area contributed by atoms with Gasteiger partial charge in [-0.15, -0.1) is 0 Å². The number of nitrogens with one attached hydrogen (secondary N) is 2. The zero-order valence-corrected chi connectivity index (χ0v) is 22.0. The van der Waals surface area contributed by atoms with Crippen molar-refractivity contribution in [1.82, 2.24) is 0 Å². The molecule has 2 unspecified atom stereocenters. The highest BCUT2D eigenvalue weighted by Crippen LogP contribution is 2.59. The molecule has 0 radical (unpaired) electrons. The lowest BCUT2D eigenvalue weighted by atomic mass is 9.76. The summed E-state index contributed by atoms with van der Waals surface area (Å²) in [7, 11) is 0. The number of fused-ring (bicyclic) bond motifs is 6. The van der Waals surface area contributed by atoms with Crippen LogP contribution in [0.2, 0.25) is 0 Å². The SMILES string of the molecule is Cc1cc2c(cc1Nc1ccccc1)C1(OC(=O)c3ccccc31)c1c(NCC3(C)CCCO3)cccc1O2. The fraction of sp³-hybridized carbons (Fsp3) is 0.242. The van der Waals surface area contributed by atoms with E-state index in [-0.39, 0.29) is 11.6 Å². The van der Waals surface area contributed by atoms with E-state index in [9.17, 15) is 4.79 Å². The van der Waals surface area contributed by atoms with Crippen molar-refractivity contribution in [3.8, 4) is 11.5 Å². The number of anilines is 3. The van der Waals surface area contributed by atoms with Gasteiger partial charge in [-0.2, -0.15) is 0 Å². The molecule has 1 saturated heterocycles. The molecule has 6 nitrogen and oxygen atoms in total. The van der Waals surface area contributed by atoms with Gasteiger partial charge in [-0.05, 0) is 74.7 Å². The van der Waals surface area contributed by atoms with Gasteiger partial charge in [-0.25, -0.2) is 4.79 Å². The quantitative estimate of drug-likeness (QED) is 0.271. The highest BCUT2D eigenvalue weighted by atomic mass is 16.6. The summed E-state index contributed by atoms with van der Waals surface area (Å²) in [5.41, 5.74) is 5.32. The Kier molecular flexibility index (Phi) is 5.42. The van der Waals surface area contributed by atoms with Crippen LogP contribution in [-0.2, 0) is 15.1 Å². The van der Waals surface area contributed by atoms with Crippen molar-refractivity contribution in [1.29, 1.82) is 0 Å². The van der Waals surface area contributed by atoms with Crippen LogP contribution in [0, 0.1) is 6.92 Å². The molecule has 4 aromatic carbocycles. The summed E-state index contributed by atoms with van der Waals surface area (Å²) in [5.74, 6) is 0.993. The number of carbonyl (C=O) groups excluding carboxylic acids is 1. The van der Waals surface area contributed by atoms with E-state index in [1.807, 2.05) is 85.8 Å². The number of rotatable bonds is 5. The fourth-order valence-electron chi connectivity index (χ4n) is 6.09. The van der Waals surface area contributed by atoms with Gasteiger partial charge in [0.1, 0.15) is 11.5 Å². The van der Waals surface area contributed by atoms with E-state index in [0.717, 1.165) is 58.8 Å². The molecule has 0 bridgehead atoms. The van der Waals surface area contributed by atoms with Crippen LogP contribution in [0.1, 0.15) is 52.4 Å². The summed E-state index contributed by atoms with van der Waals surface area (Å²) in [6, 6.07) is 27.7. The number of para-hydroxylation sites is 1. The molecule has 1 fully saturated rings. The summed E-state index contributed by atoms with van der Waals surface area (Å²) in [6.45, 7) is 5.59. The van der Waals surface area contributed by atoms with Crippen LogP contribution in [0.15, 0.2) is 84.9 Å². The van der Waals surface area contributed by atoms with Crippen LogP contribution < -0.4 is 15.4 Å². The first-order valence-corrected chi connectivity index (χ1v) is 13.5. The molecule has 196 valence electrons. The third-order valence-electron chi connectivity index (χ3n) is 8.08. The topological polar surface area (TPSA) is 68.8 Å². The van der Waals surface area contributed by atoms with Gasteiger partial charge < -0.3 is 24.8 Å².